The first-order chi connectivity index (χ1) is 8.27. The van der Waals surface area contributed by atoms with Crippen molar-refractivity contribution in [2.24, 2.45) is 0 Å². The molecule has 0 atom stereocenters. The Kier molecular flexibility index (Phi) is 5.53. The van der Waals surface area contributed by atoms with Gasteiger partial charge >= 0.3 is 0 Å². The van der Waals surface area contributed by atoms with Gasteiger partial charge in [-0.2, -0.15) is 5.26 Å². The van der Waals surface area contributed by atoms with E-state index in [1.807, 2.05) is 6.07 Å². The minimum absolute atomic E-state index is 0.119. The highest BCUT2D eigenvalue weighted by molar-refractivity contribution is 6.04. The van der Waals surface area contributed by atoms with Crippen molar-refractivity contribution in [1.82, 2.24) is 0 Å². The van der Waals surface area contributed by atoms with Crippen LogP contribution in [0.5, 0.6) is 0 Å². The second kappa shape index (κ2) is 7.24. The van der Waals surface area contributed by atoms with E-state index in [0.717, 1.165) is 12.8 Å². The molecule has 17 heavy (non-hydrogen) atoms. The molecule has 0 saturated heterocycles. The maximum Gasteiger partial charge on any atom is 0.188 e. The Balaban J connectivity index is 2.49. The monoisotopic (exact) mass is 229 g/mol. The van der Waals surface area contributed by atoms with Gasteiger partial charge in [-0.1, -0.05) is 13.3 Å². The molecule has 3 nitrogen and oxygen atoms in total. The van der Waals surface area contributed by atoms with Crippen LogP contribution in [-0.2, 0) is 4.74 Å². The summed E-state index contributed by atoms with van der Waals surface area (Å²) in [6.07, 6.45) is 4.88. The molecule has 0 spiro atoms. The van der Waals surface area contributed by atoms with Crippen molar-refractivity contribution < 1.29 is 9.53 Å². The van der Waals surface area contributed by atoms with Crippen LogP contribution in [0.2, 0.25) is 0 Å². The van der Waals surface area contributed by atoms with Crippen LogP contribution in [0.25, 0.3) is 0 Å². The zero-order valence-electron chi connectivity index (χ0n) is 9.85. The Morgan fingerprint density at radius 3 is 2.71 bits per heavy atom. The van der Waals surface area contributed by atoms with Gasteiger partial charge in [0.05, 0.1) is 24.5 Å². The molecule has 1 aromatic carbocycles. The summed E-state index contributed by atoms with van der Waals surface area (Å²) >= 11 is 0. The summed E-state index contributed by atoms with van der Waals surface area (Å²) in [5.74, 6) is -0.119. The summed E-state index contributed by atoms with van der Waals surface area (Å²) in [6, 6.07) is 8.53. The lowest BCUT2D eigenvalue weighted by Crippen LogP contribution is -1.95. The molecular weight excluding hydrogens is 214 g/mol. The third-order valence-corrected chi connectivity index (χ3v) is 2.23. The number of nitriles is 1. The Morgan fingerprint density at radius 1 is 1.41 bits per heavy atom. The van der Waals surface area contributed by atoms with E-state index in [-0.39, 0.29) is 5.78 Å². The van der Waals surface area contributed by atoms with Crippen molar-refractivity contribution in [3.05, 3.63) is 47.7 Å². The fourth-order valence-electron chi connectivity index (χ4n) is 1.21. The van der Waals surface area contributed by atoms with Crippen LogP contribution in [0.15, 0.2) is 36.6 Å². The van der Waals surface area contributed by atoms with E-state index in [1.165, 1.54) is 12.3 Å². The largest absolute Gasteiger partial charge is 0.501 e. The first-order valence-corrected chi connectivity index (χ1v) is 5.60. The summed E-state index contributed by atoms with van der Waals surface area (Å²) in [4.78, 5) is 11.6. The highest BCUT2D eigenvalue weighted by atomic mass is 16.5. The van der Waals surface area contributed by atoms with Gasteiger partial charge in [0.25, 0.3) is 0 Å². The molecule has 0 amide bonds. The van der Waals surface area contributed by atoms with E-state index in [4.69, 9.17) is 10.00 Å². The van der Waals surface area contributed by atoms with Crippen molar-refractivity contribution in [1.29, 1.82) is 5.26 Å². The summed E-state index contributed by atoms with van der Waals surface area (Å²) in [5, 5.41) is 8.62. The SMILES string of the molecule is CCCCOC=CC(=O)c1ccc(C#N)cc1. The van der Waals surface area contributed by atoms with Gasteiger partial charge in [0, 0.05) is 11.6 Å². The predicted molar refractivity (Wildman–Crippen MR) is 65.5 cm³/mol. The van der Waals surface area contributed by atoms with Gasteiger partial charge in [-0.05, 0) is 30.7 Å². The van der Waals surface area contributed by atoms with E-state index < -0.39 is 0 Å². The van der Waals surface area contributed by atoms with Gasteiger partial charge in [0.1, 0.15) is 0 Å². The third kappa shape index (κ3) is 4.52. The topological polar surface area (TPSA) is 50.1 Å². The van der Waals surface area contributed by atoms with Crippen LogP contribution < -0.4 is 0 Å². The van der Waals surface area contributed by atoms with Crippen LogP contribution in [-0.4, -0.2) is 12.4 Å². The number of carbonyl (C=O) groups is 1. The highest BCUT2D eigenvalue weighted by Crippen LogP contribution is 2.05. The van der Waals surface area contributed by atoms with Crippen LogP contribution in [0.3, 0.4) is 0 Å². The maximum atomic E-state index is 11.6. The first-order valence-electron chi connectivity index (χ1n) is 5.60. The molecule has 3 heteroatoms. The average Bonchev–Trinajstić information content (AvgIpc) is 2.38. The molecule has 0 heterocycles. The van der Waals surface area contributed by atoms with E-state index in [0.29, 0.717) is 17.7 Å². The van der Waals surface area contributed by atoms with Crippen LogP contribution in [0.4, 0.5) is 0 Å². The first kappa shape index (κ1) is 13.0. The summed E-state index contributed by atoms with van der Waals surface area (Å²) < 4.78 is 5.16. The van der Waals surface area contributed by atoms with E-state index in [1.54, 1.807) is 24.3 Å². The number of benzene rings is 1. The Morgan fingerprint density at radius 2 is 2.12 bits per heavy atom. The molecule has 0 fully saturated rings. The molecule has 1 aromatic rings. The molecule has 0 radical (unpaired) electrons. The number of ether oxygens (including phenoxy) is 1. The number of ketones is 1. The van der Waals surface area contributed by atoms with Crippen LogP contribution in [0.1, 0.15) is 35.7 Å². The second-order valence-electron chi connectivity index (χ2n) is 3.58. The van der Waals surface area contributed by atoms with Crippen LogP contribution in [0, 0.1) is 11.3 Å². The molecule has 0 aromatic heterocycles. The molecule has 0 saturated carbocycles. The van der Waals surface area contributed by atoms with Gasteiger partial charge in [-0.3, -0.25) is 4.79 Å². The van der Waals surface area contributed by atoms with Crippen molar-refractivity contribution in [2.75, 3.05) is 6.61 Å². The second-order valence-corrected chi connectivity index (χ2v) is 3.58. The van der Waals surface area contributed by atoms with E-state index in [2.05, 4.69) is 6.92 Å². The highest BCUT2D eigenvalue weighted by Gasteiger charge is 2.01. The molecular formula is C14H15NO2. The number of hydrogen-bond acceptors (Lipinski definition) is 3. The van der Waals surface area contributed by atoms with E-state index in [9.17, 15) is 4.79 Å². The molecule has 0 unspecified atom stereocenters. The molecule has 0 aliphatic heterocycles. The van der Waals surface area contributed by atoms with Gasteiger partial charge in [-0.25, -0.2) is 0 Å². The van der Waals surface area contributed by atoms with Crippen molar-refractivity contribution in [3.8, 4) is 6.07 Å². The third-order valence-electron chi connectivity index (χ3n) is 2.23. The number of hydrogen-bond donors (Lipinski definition) is 0. The number of carbonyl (C=O) groups excluding carboxylic acids is 1. The number of nitrogens with zero attached hydrogens (tertiary/aromatic N) is 1. The van der Waals surface area contributed by atoms with Gasteiger partial charge in [0.15, 0.2) is 5.78 Å². The minimum atomic E-state index is -0.119. The van der Waals surface area contributed by atoms with Crippen LogP contribution >= 0.6 is 0 Å². The summed E-state index contributed by atoms with van der Waals surface area (Å²) in [7, 11) is 0. The van der Waals surface area contributed by atoms with Gasteiger partial charge < -0.3 is 4.74 Å². The lowest BCUT2D eigenvalue weighted by Gasteiger charge is -1.98. The molecule has 0 bridgehead atoms. The fraction of sp³-hybridized carbons (Fsp3) is 0.286. The van der Waals surface area contributed by atoms with E-state index >= 15 is 0 Å². The molecule has 0 aliphatic rings. The molecule has 1 rings (SSSR count). The lowest BCUT2D eigenvalue weighted by atomic mass is 10.1. The van der Waals surface area contributed by atoms with Crippen molar-refractivity contribution >= 4 is 5.78 Å². The van der Waals surface area contributed by atoms with Gasteiger partial charge in [-0.15, -0.1) is 0 Å². The fourth-order valence-corrected chi connectivity index (χ4v) is 1.21. The zero-order chi connectivity index (χ0) is 12.5. The van der Waals surface area contributed by atoms with Crippen molar-refractivity contribution in [2.45, 2.75) is 19.8 Å². The standard InChI is InChI=1S/C14H15NO2/c1-2-3-9-17-10-8-14(16)13-6-4-12(11-15)5-7-13/h4-8,10H,2-3,9H2,1H3. The van der Waals surface area contributed by atoms with Gasteiger partial charge in [0.2, 0.25) is 0 Å². The molecule has 88 valence electrons. The smallest absolute Gasteiger partial charge is 0.188 e. The number of rotatable bonds is 6. The zero-order valence-corrected chi connectivity index (χ0v) is 9.85. The minimum Gasteiger partial charge on any atom is -0.501 e. The summed E-state index contributed by atoms with van der Waals surface area (Å²) in [6.45, 7) is 2.71. The summed E-state index contributed by atoms with van der Waals surface area (Å²) in [5.41, 5.74) is 1.10. The average molecular weight is 229 g/mol. The Labute approximate surface area is 101 Å². The number of allylic oxidation sites excluding steroid dienone is 1. The number of unbranched alkanes of at least 4 members (excludes halogenated alkanes) is 1. The lowest BCUT2D eigenvalue weighted by molar-refractivity contribution is 0.104. The normalized spacial score (nSPS) is 10.1. The Hall–Kier alpha value is -2.08. The Bertz CT molecular complexity index is 427. The molecule has 0 N–H and O–H groups in total. The van der Waals surface area contributed by atoms with Crippen molar-refractivity contribution in [3.63, 3.8) is 0 Å². The molecule has 0 aliphatic carbocycles. The maximum absolute atomic E-state index is 11.6. The predicted octanol–water partition coefficient (Wildman–Crippen LogP) is 3.07. The quantitative estimate of drug-likeness (QED) is 0.326.